The minimum atomic E-state index is -0.381. The van der Waals surface area contributed by atoms with E-state index in [9.17, 15) is 10.1 Å². The number of non-ortho nitro benzene ring substituents is 1. The zero-order valence-electron chi connectivity index (χ0n) is 15.1. The molecule has 1 atom stereocenters. The second-order valence-corrected chi connectivity index (χ2v) is 7.72. The van der Waals surface area contributed by atoms with Crippen molar-refractivity contribution in [3.05, 3.63) is 97.8 Å². The Labute approximate surface area is 173 Å². The zero-order chi connectivity index (χ0) is 19.7. The van der Waals surface area contributed by atoms with E-state index in [1.807, 2.05) is 36.5 Å². The number of hydrogen-bond donors (Lipinski definition) is 0. The predicted octanol–water partition coefficient (Wildman–Crippen LogP) is 5.70. The first-order valence-corrected chi connectivity index (χ1v) is 9.86. The number of halogens is 2. The van der Waals surface area contributed by atoms with Gasteiger partial charge < -0.3 is 4.57 Å². The summed E-state index contributed by atoms with van der Waals surface area (Å²) in [5.41, 5.74) is 2.88. The van der Waals surface area contributed by atoms with Crippen LogP contribution in [0.15, 0.2) is 60.8 Å². The lowest BCUT2D eigenvalue weighted by molar-refractivity contribution is -0.384. The number of nitro groups is 1. The Morgan fingerprint density at radius 2 is 1.86 bits per heavy atom. The van der Waals surface area contributed by atoms with E-state index >= 15 is 0 Å². The van der Waals surface area contributed by atoms with Gasteiger partial charge in [0.1, 0.15) is 0 Å². The molecule has 1 aliphatic heterocycles. The van der Waals surface area contributed by atoms with Crippen LogP contribution >= 0.6 is 23.2 Å². The van der Waals surface area contributed by atoms with E-state index in [1.165, 1.54) is 6.07 Å². The Morgan fingerprint density at radius 3 is 2.64 bits per heavy atom. The Hall–Kier alpha value is -2.34. The number of nitrogens with zero attached hydrogens (tertiary/aromatic N) is 3. The Kier molecular flexibility index (Phi) is 5.40. The van der Waals surface area contributed by atoms with Crippen molar-refractivity contribution < 1.29 is 4.92 Å². The van der Waals surface area contributed by atoms with Crippen molar-refractivity contribution in [3.8, 4) is 0 Å². The van der Waals surface area contributed by atoms with Crippen LogP contribution in [0.25, 0.3) is 0 Å². The van der Waals surface area contributed by atoms with Crippen LogP contribution in [-0.2, 0) is 13.1 Å². The maximum Gasteiger partial charge on any atom is 0.269 e. The molecule has 2 heterocycles. The number of nitro benzene ring substituents is 1. The first kappa shape index (κ1) is 19.0. The van der Waals surface area contributed by atoms with Crippen LogP contribution in [0, 0.1) is 10.1 Å². The summed E-state index contributed by atoms with van der Waals surface area (Å²) >= 11 is 12.9. The number of fused-ring (bicyclic) bond motifs is 1. The Morgan fingerprint density at radius 1 is 1.04 bits per heavy atom. The summed E-state index contributed by atoms with van der Waals surface area (Å²) < 4.78 is 2.20. The molecule has 0 bridgehead atoms. The molecule has 0 saturated carbocycles. The van der Waals surface area contributed by atoms with Crippen molar-refractivity contribution in [1.29, 1.82) is 0 Å². The van der Waals surface area contributed by atoms with E-state index in [4.69, 9.17) is 23.2 Å². The summed E-state index contributed by atoms with van der Waals surface area (Å²) in [7, 11) is 0. The second-order valence-electron chi connectivity index (χ2n) is 6.91. The lowest BCUT2D eigenvalue weighted by Crippen LogP contribution is -2.30. The molecule has 1 aromatic heterocycles. The second kappa shape index (κ2) is 7.95. The molecule has 4 rings (SSSR count). The van der Waals surface area contributed by atoms with Gasteiger partial charge in [0.25, 0.3) is 5.69 Å². The third-order valence-electron chi connectivity index (χ3n) is 5.17. The van der Waals surface area contributed by atoms with Crippen LogP contribution in [0.5, 0.6) is 0 Å². The van der Waals surface area contributed by atoms with Crippen molar-refractivity contribution in [1.82, 2.24) is 9.47 Å². The van der Waals surface area contributed by atoms with Crippen LogP contribution in [0.3, 0.4) is 0 Å². The number of benzene rings is 2. The standard InChI is InChI=1S/C21H19Cl2N3O2/c22-18-6-2-1-5-15(18)14-25-12-4-11-24-10-3-7-20(24)21(25)17-13-16(26(27)28)8-9-19(17)23/h1-3,5-10,13,21H,4,11-12,14H2/t21-/m1/s1. The predicted molar refractivity (Wildman–Crippen MR) is 111 cm³/mol. The minimum absolute atomic E-state index is 0.0412. The summed E-state index contributed by atoms with van der Waals surface area (Å²) in [4.78, 5) is 13.3. The smallest absolute Gasteiger partial charge is 0.269 e. The first-order valence-electron chi connectivity index (χ1n) is 9.11. The largest absolute Gasteiger partial charge is 0.350 e. The van der Waals surface area contributed by atoms with Gasteiger partial charge in [0.2, 0.25) is 0 Å². The molecule has 0 unspecified atom stereocenters. The molecule has 0 amide bonds. The van der Waals surface area contributed by atoms with Crippen molar-refractivity contribution in [2.75, 3.05) is 6.54 Å². The monoisotopic (exact) mass is 415 g/mol. The maximum absolute atomic E-state index is 11.4. The van der Waals surface area contributed by atoms with E-state index in [1.54, 1.807) is 12.1 Å². The van der Waals surface area contributed by atoms with Gasteiger partial charge in [-0.1, -0.05) is 41.4 Å². The highest BCUT2D eigenvalue weighted by molar-refractivity contribution is 6.31. The fourth-order valence-corrected chi connectivity index (χ4v) is 4.28. The molecule has 0 aliphatic carbocycles. The van der Waals surface area contributed by atoms with Gasteiger partial charge in [-0.3, -0.25) is 15.0 Å². The maximum atomic E-state index is 11.4. The third-order valence-corrected chi connectivity index (χ3v) is 5.88. The van der Waals surface area contributed by atoms with Crippen LogP contribution in [0.1, 0.15) is 29.3 Å². The van der Waals surface area contributed by atoms with Gasteiger partial charge >= 0.3 is 0 Å². The van der Waals surface area contributed by atoms with E-state index in [-0.39, 0.29) is 16.7 Å². The lowest BCUT2D eigenvalue weighted by Gasteiger charge is -2.31. The minimum Gasteiger partial charge on any atom is -0.350 e. The van der Waals surface area contributed by atoms with Gasteiger partial charge in [-0.25, -0.2) is 0 Å². The van der Waals surface area contributed by atoms with Crippen LogP contribution in [-0.4, -0.2) is 20.9 Å². The number of aromatic nitrogens is 1. The fraction of sp³-hybridized carbons (Fsp3) is 0.238. The Balaban J connectivity index is 1.83. The molecular formula is C21H19Cl2N3O2. The van der Waals surface area contributed by atoms with E-state index < -0.39 is 0 Å². The molecule has 5 nitrogen and oxygen atoms in total. The Bertz CT molecular complexity index is 1020. The fourth-order valence-electron chi connectivity index (χ4n) is 3.87. The van der Waals surface area contributed by atoms with Gasteiger partial charge in [0.15, 0.2) is 0 Å². The van der Waals surface area contributed by atoms with Gasteiger partial charge in [-0.15, -0.1) is 0 Å². The van der Waals surface area contributed by atoms with Crippen molar-refractivity contribution in [2.45, 2.75) is 25.6 Å². The summed E-state index contributed by atoms with van der Waals surface area (Å²) in [5, 5.41) is 12.6. The van der Waals surface area contributed by atoms with Crippen molar-refractivity contribution in [3.63, 3.8) is 0 Å². The molecule has 0 N–H and O–H groups in total. The SMILES string of the molecule is O=[N+]([O-])c1ccc(Cl)c([C@@H]2c3cccn3CCCN2Cc2ccccc2Cl)c1. The molecule has 0 spiro atoms. The molecule has 0 fully saturated rings. The molecule has 1 aliphatic rings. The number of hydrogen-bond acceptors (Lipinski definition) is 3. The average molecular weight is 416 g/mol. The molecule has 28 heavy (non-hydrogen) atoms. The number of aryl methyl sites for hydroxylation is 1. The van der Waals surface area contributed by atoms with Gasteiger partial charge in [-0.05, 0) is 36.2 Å². The van der Waals surface area contributed by atoms with E-state index in [0.717, 1.165) is 36.3 Å². The normalized spacial score (nSPS) is 17.1. The molecule has 0 saturated heterocycles. The lowest BCUT2D eigenvalue weighted by atomic mass is 10.00. The highest BCUT2D eigenvalue weighted by atomic mass is 35.5. The highest BCUT2D eigenvalue weighted by Gasteiger charge is 2.30. The quantitative estimate of drug-likeness (QED) is 0.405. The zero-order valence-corrected chi connectivity index (χ0v) is 16.6. The first-order chi connectivity index (χ1) is 13.5. The van der Waals surface area contributed by atoms with Crippen molar-refractivity contribution in [2.24, 2.45) is 0 Å². The van der Waals surface area contributed by atoms with Gasteiger partial charge in [0, 0.05) is 59.3 Å². The summed E-state index contributed by atoms with van der Waals surface area (Å²) in [6, 6.07) is 16.3. The third kappa shape index (κ3) is 3.65. The summed E-state index contributed by atoms with van der Waals surface area (Å²) in [6.07, 6.45) is 3.02. The summed E-state index contributed by atoms with van der Waals surface area (Å²) in [6.45, 7) is 2.36. The average Bonchev–Trinajstić information content (AvgIpc) is 3.06. The van der Waals surface area contributed by atoms with Crippen molar-refractivity contribution >= 4 is 28.9 Å². The van der Waals surface area contributed by atoms with Crippen LogP contribution < -0.4 is 0 Å². The molecular weight excluding hydrogens is 397 g/mol. The van der Waals surface area contributed by atoms with Crippen LogP contribution in [0.2, 0.25) is 10.0 Å². The van der Waals surface area contributed by atoms with Gasteiger partial charge in [-0.2, -0.15) is 0 Å². The topological polar surface area (TPSA) is 51.3 Å². The molecule has 3 aromatic rings. The summed E-state index contributed by atoms with van der Waals surface area (Å²) in [5.74, 6) is 0. The highest BCUT2D eigenvalue weighted by Crippen LogP contribution is 2.38. The molecule has 2 aromatic carbocycles. The molecule has 7 heteroatoms. The molecule has 0 radical (unpaired) electrons. The van der Waals surface area contributed by atoms with E-state index in [0.29, 0.717) is 16.6 Å². The molecule has 144 valence electrons. The van der Waals surface area contributed by atoms with Gasteiger partial charge in [0.05, 0.1) is 11.0 Å². The van der Waals surface area contributed by atoms with Crippen LogP contribution in [0.4, 0.5) is 5.69 Å². The van der Waals surface area contributed by atoms with E-state index in [2.05, 4.69) is 15.5 Å². The number of rotatable bonds is 4.